The molecule has 1 amide bonds. The van der Waals surface area contributed by atoms with Gasteiger partial charge in [0.2, 0.25) is 5.91 Å². The summed E-state index contributed by atoms with van der Waals surface area (Å²) in [6.45, 7) is 6.45. The number of aryl methyl sites for hydroxylation is 1. The predicted octanol–water partition coefficient (Wildman–Crippen LogP) is 4.88. The van der Waals surface area contributed by atoms with Gasteiger partial charge < -0.3 is 15.4 Å². The molecule has 0 aliphatic carbocycles. The third-order valence-electron chi connectivity index (χ3n) is 3.36. The van der Waals surface area contributed by atoms with Gasteiger partial charge in [-0.3, -0.25) is 4.79 Å². The molecule has 24 heavy (non-hydrogen) atoms. The van der Waals surface area contributed by atoms with Crippen molar-refractivity contribution < 1.29 is 9.53 Å². The molecule has 0 saturated heterocycles. The summed E-state index contributed by atoms with van der Waals surface area (Å²) in [6.07, 6.45) is 0.502. The van der Waals surface area contributed by atoms with Gasteiger partial charge in [-0.25, -0.2) is 0 Å². The standard InChI is InChI=1S/C19H23ClN2O2/c1-13(2)24-17-8-6-15(7-9-17)22-19(23)10-11-21-16-5-4-14(3)18(20)12-16/h4-9,12-13,21H,10-11H2,1-3H3,(H,22,23). The van der Waals surface area contributed by atoms with E-state index in [-0.39, 0.29) is 12.0 Å². The van der Waals surface area contributed by atoms with Crippen molar-refractivity contribution in [2.45, 2.75) is 33.3 Å². The molecule has 0 unspecified atom stereocenters. The topological polar surface area (TPSA) is 50.4 Å². The van der Waals surface area contributed by atoms with Gasteiger partial charge >= 0.3 is 0 Å². The first kappa shape index (κ1) is 18.1. The SMILES string of the molecule is Cc1ccc(NCCC(=O)Nc2ccc(OC(C)C)cc2)cc1Cl. The number of carbonyl (C=O) groups excluding carboxylic acids is 1. The normalized spacial score (nSPS) is 10.5. The zero-order valence-corrected chi connectivity index (χ0v) is 15.0. The van der Waals surface area contributed by atoms with Gasteiger partial charge in [-0.2, -0.15) is 0 Å². The molecule has 0 atom stereocenters. The minimum absolute atomic E-state index is 0.0433. The lowest BCUT2D eigenvalue weighted by molar-refractivity contribution is -0.115. The van der Waals surface area contributed by atoms with E-state index >= 15 is 0 Å². The van der Waals surface area contributed by atoms with Crippen LogP contribution in [0.5, 0.6) is 5.75 Å². The molecule has 2 rings (SSSR count). The largest absolute Gasteiger partial charge is 0.491 e. The van der Waals surface area contributed by atoms with Crippen LogP contribution in [0.3, 0.4) is 0 Å². The molecule has 128 valence electrons. The summed E-state index contributed by atoms with van der Waals surface area (Å²) in [5.74, 6) is 0.749. The number of benzene rings is 2. The molecule has 0 spiro atoms. The zero-order valence-electron chi connectivity index (χ0n) is 14.2. The fraction of sp³-hybridized carbons (Fsp3) is 0.316. The second-order valence-electron chi connectivity index (χ2n) is 5.88. The fourth-order valence-corrected chi connectivity index (χ4v) is 2.32. The molecule has 0 heterocycles. The molecule has 2 aromatic rings. The molecular weight excluding hydrogens is 324 g/mol. The van der Waals surface area contributed by atoms with E-state index in [9.17, 15) is 4.79 Å². The Hall–Kier alpha value is -2.20. The lowest BCUT2D eigenvalue weighted by Crippen LogP contribution is -2.16. The molecule has 0 bridgehead atoms. The monoisotopic (exact) mass is 346 g/mol. The number of ether oxygens (including phenoxy) is 1. The van der Waals surface area contributed by atoms with Crippen LogP contribution in [0.4, 0.5) is 11.4 Å². The Labute approximate surface area is 148 Å². The minimum atomic E-state index is -0.0433. The number of amides is 1. The van der Waals surface area contributed by atoms with Gasteiger partial charge in [-0.15, -0.1) is 0 Å². The van der Waals surface area contributed by atoms with Crippen molar-refractivity contribution in [3.63, 3.8) is 0 Å². The maximum absolute atomic E-state index is 12.0. The van der Waals surface area contributed by atoms with Crippen LogP contribution in [-0.2, 0) is 4.79 Å². The Kier molecular flexibility index (Phi) is 6.50. The van der Waals surface area contributed by atoms with Crippen LogP contribution >= 0.6 is 11.6 Å². The molecule has 0 aliphatic rings. The number of rotatable bonds is 7. The highest BCUT2D eigenvalue weighted by molar-refractivity contribution is 6.31. The smallest absolute Gasteiger partial charge is 0.226 e. The summed E-state index contributed by atoms with van der Waals surface area (Å²) in [5, 5.41) is 6.78. The molecule has 4 nitrogen and oxygen atoms in total. The van der Waals surface area contributed by atoms with Gasteiger partial charge in [0.1, 0.15) is 5.75 Å². The predicted molar refractivity (Wildman–Crippen MR) is 100 cm³/mol. The quantitative estimate of drug-likeness (QED) is 0.751. The van der Waals surface area contributed by atoms with Gasteiger partial charge in [-0.05, 0) is 62.7 Å². The van der Waals surface area contributed by atoms with Crippen LogP contribution in [-0.4, -0.2) is 18.6 Å². The Morgan fingerprint density at radius 3 is 2.42 bits per heavy atom. The molecule has 0 aromatic heterocycles. The van der Waals surface area contributed by atoms with Crippen LogP contribution in [0.1, 0.15) is 25.8 Å². The average molecular weight is 347 g/mol. The average Bonchev–Trinajstić information content (AvgIpc) is 2.52. The van der Waals surface area contributed by atoms with E-state index < -0.39 is 0 Å². The molecule has 2 N–H and O–H groups in total. The lowest BCUT2D eigenvalue weighted by atomic mass is 10.2. The van der Waals surface area contributed by atoms with Crippen molar-refractivity contribution in [3.8, 4) is 5.75 Å². The highest BCUT2D eigenvalue weighted by atomic mass is 35.5. The number of nitrogens with one attached hydrogen (secondary N) is 2. The van der Waals surface area contributed by atoms with Gasteiger partial charge in [0.25, 0.3) is 0 Å². The summed E-state index contributed by atoms with van der Waals surface area (Å²) in [4.78, 5) is 12.0. The van der Waals surface area contributed by atoms with Crippen molar-refractivity contribution in [2.75, 3.05) is 17.2 Å². The van der Waals surface area contributed by atoms with Gasteiger partial charge in [0.05, 0.1) is 6.10 Å². The van der Waals surface area contributed by atoms with E-state index in [1.165, 1.54) is 0 Å². The number of hydrogen-bond acceptors (Lipinski definition) is 3. The summed E-state index contributed by atoms with van der Waals surface area (Å²) in [6, 6.07) is 13.1. The number of carbonyl (C=O) groups is 1. The van der Waals surface area contributed by atoms with Crippen molar-refractivity contribution in [3.05, 3.63) is 53.1 Å². The van der Waals surface area contributed by atoms with Crippen molar-refractivity contribution >= 4 is 28.9 Å². The van der Waals surface area contributed by atoms with Gasteiger partial charge in [0.15, 0.2) is 0 Å². The number of halogens is 1. The van der Waals surface area contributed by atoms with E-state index in [1.807, 2.05) is 63.2 Å². The molecule has 0 saturated carbocycles. The Balaban J connectivity index is 1.77. The lowest BCUT2D eigenvalue weighted by Gasteiger charge is -2.11. The fourth-order valence-electron chi connectivity index (χ4n) is 2.14. The van der Waals surface area contributed by atoms with E-state index in [4.69, 9.17) is 16.3 Å². The van der Waals surface area contributed by atoms with Crippen LogP contribution in [0, 0.1) is 6.92 Å². The molecule has 5 heteroatoms. The highest BCUT2D eigenvalue weighted by Gasteiger charge is 2.04. The number of anilines is 2. The van der Waals surface area contributed by atoms with Gasteiger partial charge in [-0.1, -0.05) is 17.7 Å². The first-order valence-corrected chi connectivity index (χ1v) is 8.38. The third kappa shape index (κ3) is 5.78. The Morgan fingerprint density at radius 1 is 1.12 bits per heavy atom. The van der Waals surface area contributed by atoms with E-state index in [2.05, 4.69) is 10.6 Å². The summed E-state index contributed by atoms with van der Waals surface area (Å²) >= 11 is 6.08. The highest BCUT2D eigenvalue weighted by Crippen LogP contribution is 2.20. The van der Waals surface area contributed by atoms with Gasteiger partial charge in [0, 0.05) is 29.4 Å². The van der Waals surface area contributed by atoms with Crippen molar-refractivity contribution in [2.24, 2.45) is 0 Å². The zero-order chi connectivity index (χ0) is 17.5. The van der Waals surface area contributed by atoms with Crippen LogP contribution < -0.4 is 15.4 Å². The first-order valence-electron chi connectivity index (χ1n) is 8.00. The molecule has 0 radical (unpaired) electrons. The molecule has 2 aromatic carbocycles. The first-order chi connectivity index (χ1) is 11.4. The summed E-state index contributed by atoms with van der Waals surface area (Å²) in [5.41, 5.74) is 2.70. The molecule has 0 aliphatic heterocycles. The molecular formula is C19H23ClN2O2. The van der Waals surface area contributed by atoms with Crippen molar-refractivity contribution in [1.29, 1.82) is 0 Å². The van der Waals surface area contributed by atoms with Crippen LogP contribution in [0.15, 0.2) is 42.5 Å². The Bertz CT molecular complexity index is 684. The van der Waals surface area contributed by atoms with Crippen LogP contribution in [0.2, 0.25) is 5.02 Å². The van der Waals surface area contributed by atoms with E-state index in [1.54, 1.807) is 0 Å². The minimum Gasteiger partial charge on any atom is -0.491 e. The van der Waals surface area contributed by atoms with E-state index in [0.29, 0.717) is 18.0 Å². The Morgan fingerprint density at radius 2 is 1.79 bits per heavy atom. The maximum atomic E-state index is 12.0. The van der Waals surface area contributed by atoms with Crippen molar-refractivity contribution in [1.82, 2.24) is 0 Å². The summed E-state index contributed by atoms with van der Waals surface area (Å²) < 4.78 is 5.57. The second kappa shape index (κ2) is 8.60. The maximum Gasteiger partial charge on any atom is 0.226 e. The molecule has 0 fully saturated rings. The third-order valence-corrected chi connectivity index (χ3v) is 3.77. The number of hydrogen-bond donors (Lipinski definition) is 2. The summed E-state index contributed by atoms with van der Waals surface area (Å²) in [7, 11) is 0. The van der Waals surface area contributed by atoms with E-state index in [0.717, 1.165) is 22.7 Å². The second-order valence-corrected chi connectivity index (χ2v) is 6.29. The van der Waals surface area contributed by atoms with Crippen LogP contribution in [0.25, 0.3) is 0 Å².